The number of carbonyl (C=O) groups excluding carboxylic acids is 1. The topological polar surface area (TPSA) is 82.4 Å². The van der Waals surface area contributed by atoms with Crippen molar-refractivity contribution in [3.8, 4) is 0 Å². The highest BCUT2D eigenvalue weighted by Gasteiger charge is 2.44. The summed E-state index contributed by atoms with van der Waals surface area (Å²) in [5, 5.41) is 8.23. The summed E-state index contributed by atoms with van der Waals surface area (Å²) in [5.74, 6) is -2.15. The number of alkyl halides is 2. The number of nitrogens with one attached hydrogen (secondary N) is 1. The summed E-state index contributed by atoms with van der Waals surface area (Å²) < 4.78 is 28.0. The van der Waals surface area contributed by atoms with Gasteiger partial charge >= 0.3 is 6.03 Å². The SMILES string of the molecule is Cc1nc(N2CC(F)(F)C2)ccc1NC(=O)N1CCN(c2ccnc3c2cnn3C)C(C)C1. The Labute approximate surface area is 190 Å². The van der Waals surface area contributed by atoms with Crippen LogP contribution in [0.3, 0.4) is 0 Å². The molecule has 5 rings (SSSR count). The van der Waals surface area contributed by atoms with Crippen molar-refractivity contribution in [1.29, 1.82) is 0 Å². The van der Waals surface area contributed by atoms with Crippen LogP contribution >= 0.6 is 0 Å². The minimum atomic E-state index is -2.65. The highest BCUT2D eigenvalue weighted by molar-refractivity contribution is 5.91. The summed E-state index contributed by atoms with van der Waals surface area (Å²) in [7, 11) is 1.87. The Balaban J connectivity index is 1.24. The molecule has 2 saturated heterocycles. The Kier molecular flexibility index (Phi) is 5.06. The minimum absolute atomic E-state index is 0.102. The van der Waals surface area contributed by atoms with Crippen LogP contribution in [-0.2, 0) is 7.05 Å². The largest absolute Gasteiger partial charge is 0.365 e. The van der Waals surface area contributed by atoms with Crippen LogP contribution in [0, 0.1) is 6.92 Å². The molecule has 3 aromatic rings. The summed E-state index contributed by atoms with van der Waals surface area (Å²) in [6, 6.07) is 5.28. The number of nitrogens with zero attached hydrogens (tertiary/aromatic N) is 7. The van der Waals surface area contributed by atoms with Crippen LogP contribution in [0.4, 0.5) is 30.8 Å². The summed E-state index contributed by atoms with van der Waals surface area (Å²) >= 11 is 0. The molecule has 11 heteroatoms. The molecule has 1 atom stereocenters. The third kappa shape index (κ3) is 3.91. The number of halogens is 2. The second kappa shape index (κ2) is 7.82. The molecule has 0 aliphatic carbocycles. The van der Waals surface area contributed by atoms with Crippen molar-refractivity contribution in [3.05, 3.63) is 36.3 Å². The predicted molar refractivity (Wildman–Crippen MR) is 122 cm³/mol. The van der Waals surface area contributed by atoms with Gasteiger partial charge in [-0.25, -0.2) is 23.5 Å². The van der Waals surface area contributed by atoms with Crippen LogP contribution in [0.5, 0.6) is 0 Å². The minimum Gasteiger partial charge on any atom is -0.365 e. The Morgan fingerprint density at radius 3 is 2.70 bits per heavy atom. The number of rotatable bonds is 3. The van der Waals surface area contributed by atoms with Crippen LogP contribution in [-0.4, -0.2) is 75.4 Å². The molecule has 2 fully saturated rings. The van der Waals surface area contributed by atoms with Gasteiger partial charge in [-0.05, 0) is 32.0 Å². The maximum absolute atomic E-state index is 13.1. The Morgan fingerprint density at radius 2 is 2.00 bits per heavy atom. The second-order valence-corrected chi connectivity index (χ2v) is 8.77. The van der Waals surface area contributed by atoms with Crippen LogP contribution in [0.25, 0.3) is 11.0 Å². The van der Waals surface area contributed by atoms with E-state index < -0.39 is 5.92 Å². The van der Waals surface area contributed by atoms with E-state index in [1.54, 1.807) is 34.8 Å². The fourth-order valence-electron chi connectivity index (χ4n) is 4.51. The number of pyridine rings is 2. The first-order valence-electron chi connectivity index (χ1n) is 10.9. The van der Waals surface area contributed by atoms with Gasteiger partial charge in [0.25, 0.3) is 5.92 Å². The van der Waals surface area contributed by atoms with E-state index in [0.717, 1.165) is 16.7 Å². The number of carbonyl (C=O) groups is 1. The van der Waals surface area contributed by atoms with Crippen LogP contribution in [0.2, 0.25) is 0 Å². The van der Waals surface area contributed by atoms with Gasteiger partial charge in [-0.15, -0.1) is 0 Å². The van der Waals surface area contributed by atoms with E-state index in [0.29, 0.717) is 36.8 Å². The first-order valence-corrected chi connectivity index (χ1v) is 10.9. The predicted octanol–water partition coefficient (Wildman–Crippen LogP) is 2.87. The van der Waals surface area contributed by atoms with Crippen LogP contribution < -0.4 is 15.1 Å². The van der Waals surface area contributed by atoms with Gasteiger partial charge in [-0.3, -0.25) is 4.68 Å². The lowest BCUT2D eigenvalue weighted by Crippen LogP contribution is -2.56. The lowest BCUT2D eigenvalue weighted by Gasteiger charge is -2.41. The van der Waals surface area contributed by atoms with Gasteiger partial charge in [0, 0.05) is 38.9 Å². The van der Waals surface area contributed by atoms with E-state index in [1.165, 1.54) is 4.90 Å². The molecule has 3 aromatic heterocycles. The van der Waals surface area contributed by atoms with Crippen molar-refractivity contribution in [2.75, 3.05) is 47.8 Å². The van der Waals surface area contributed by atoms with Crippen molar-refractivity contribution in [1.82, 2.24) is 24.6 Å². The van der Waals surface area contributed by atoms with Gasteiger partial charge in [0.15, 0.2) is 5.65 Å². The maximum Gasteiger partial charge on any atom is 0.322 e. The average Bonchev–Trinajstić information content (AvgIpc) is 3.14. The first kappa shape index (κ1) is 21.4. The number of anilines is 3. The number of urea groups is 1. The third-order valence-electron chi connectivity index (χ3n) is 6.32. The summed E-state index contributed by atoms with van der Waals surface area (Å²) in [5.41, 5.74) is 3.07. The summed E-state index contributed by atoms with van der Waals surface area (Å²) in [6.07, 6.45) is 3.61. The summed E-state index contributed by atoms with van der Waals surface area (Å²) in [4.78, 5) is 27.3. The van der Waals surface area contributed by atoms with Crippen LogP contribution in [0.1, 0.15) is 12.6 Å². The number of amides is 2. The molecule has 1 unspecified atom stereocenters. The highest BCUT2D eigenvalue weighted by Crippen LogP contribution is 2.32. The summed E-state index contributed by atoms with van der Waals surface area (Å²) in [6.45, 7) is 5.01. The molecule has 0 bridgehead atoms. The van der Waals surface area contributed by atoms with E-state index in [2.05, 4.69) is 32.2 Å². The van der Waals surface area contributed by atoms with Gasteiger partial charge in [-0.2, -0.15) is 5.10 Å². The van der Waals surface area contributed by atoms with Crippen molar-refractivity contribution >= 4 is 34.3 Å². The molecule has 2 aliphatic rings. The smallest absolute Gasteiger partial charge is 0.322 e. The lowest BCUT2D eigenvalue weighted by molar-refractivity contribution is -0.0267. The fraction of sp³-hybridized carbons (Fsp3) is 0.455. The van der Waals surface area contributed by atoms with Crippen molar-refractivity contribution in [2.45, 2.75) is 25.8 Å². The molecule has 33 heavy (non-hydrogen) atoms. The molecule has 174 valence electrons. The molecule has 5 heterocycles. The molecule has 0 radical (unpaired) electrons. The molecular weight excluding hydrogens is 430 g/mol. The second-order valence-electron chi connectivity index (χ2n) is 8.77. The maximum atomic E-state index is 13.1. The molecule has 0 saturated carbocycles. The fourth-order valence-corrected chi connectivity index (χ4v) is 4.51. The number of piperazine rings is 1. The lowest BCUT2D eigenvalue weighted by atomic mass is 10.1. The zero-order chi connectivity index (χ0) is 23.3. The van der Waals surface area contributed by atoms with Crippen molar-refractivity contribution in [3.63, 3.8) is 0 Å². The van der Waals surface area contributed by atoms with Gasteiger partial charge in [-0.1, -0.05) is 0 Å². The number of fused-ring (bicyclic) bond motifs is 1. The number of aryl methyl sites for hydroxylation is 2. The first-order chi connectivity index (χ1) is 15.7. The average molecular weight is 457 g/mol. The Morgan fingerprint density at radius 1 is 1.21 bits per heavy atom. The zero-order valence-corrected chi connectivity index (χ0v) is 18.8. The van der Waals surface area contributed by atoms with E-state index in [9.17, 15) is 13.6 Å². The van der Waals surface area contributed by atoms with Gasteiger partial charge in [0.2, 0.25) is 0 Å². The molecular formula is C22H26F2N8O. The molecule has 0 aromatic carbocycles. The molecule has 9 nitrogen and oxygen atoms in total. The van der Waals surface area contributed by atoms with Gasteiger partial charge in [0.05, 0.1) is 41.7 Å². The molecule has 0 spiro atoms. The Bertz CT molecular complexity index is 1200. The molecule has 2 amide bonds. The highest BCUT2D eigenvalue weighted by atomic mass is 19.3. The number of aromatic nitrogens is 4. The van der Waals surface area contributed by atoms with E-state index in [4.69, 9.17) is 0 Å². The van der Waals surface area contributed by atoms with Crippen molar-refractivity contribution in [2.24, 2.45) is 7.05 Å². The van der Waals surface area contributed by atoms with Crippen LogP contribution in [0.15, 0.2) is 30.6 Å². The van der Waals surface area contributed by atoms with E-state index in [-0.39, 0.29) is 25.2 Å². The zero-order valence-electron chi connectivity index (χ0n) is 18.8. The monoisotopic (exact) mass is 456 g/mol. The Hall–Kier alpha value is -3.50. The van der Waals surface area contributed by atoms with E-state index >= 15 is 0 Å². The third-order valence-corrected chi connectivity index (χ3v) is 6.32. The standard InChI is InChI=1S/C22H26F2N8O/c1-14-11-30(8-9-32(14)18-6-7-25-20-16(18)10-26-29(20)3)21(33)28-17-4-5-19(27-15(17)2)31-12-22(23,24)13-31/h4-7,10,14H,8-9,11-13H2,1-3H3,(H,28,33). The number of hydrogen-bond acceptors (Lipinski definition) is 6. The van der Waals surface area contributed by atoms with Gasteiger partial charge < -0.3 is 20.0 Å². The molecule has 1 N–H and O–H groups in total. The van der Waals surface area contributed by atoms with Crippen molar-refractivity contribution < 1.29 is 13.6 Å². The normalized spacial score (nSPS) is 20.2. The number of hydrogen-bond donors (Lipinski definition) is 1. The molecule has 2 aliphatic heterocycles. The van der Waals surface area contributed by atoms with Gasteiger partial charge in [0.1, 0.15) is 5.82 Å². The quantitative estimate of drug-likeness (QED) is 0.653. The van der Waals surface area contributed by atoms with E-state index in [1.807, 2.05) is 19.3 Å².